The molecule has 1 aliphatic rings. The fourth-order valence-electron chi connectivity index (χ4n) is 1.59. The summed E-state index contributed by atoms with van der Waals surface area (Å²) in [6.07, 6.45) is -3.49. The molecule has 2 unspecified atom stereocenters. The average molecular weight is 181 g/mol. The second-order valence-electron chi connectivity index (χ2n) is 3.59. The van der Waals surface area contributed by atoms with Crippen LogP contribution in [-0.2, 0) is 0 Å². The molecule has 0 aromatic rings. The van der Waals surface area contributed by atoms with Crippen molar-refractivity contribution >= 4 is 0 Å². The van der Waals surface area contributed by atoms with Gasteiger partial charge in [0.2, 0.25) is 0 Å². The van der Waals surface area contributed by atoms with Crippen LogP contribution in [0.4, 0.5) is 13.2 Å². The van der Waals surface area contributed by atoms with Gasteiger partial charge in [0.15, 0.2) is 0 Å². The smallest absolute Gasteiger partial charge is 0.304 e. The first-order valence-corrected chi connectivity index (χ1v) is 4.18. The standard InChI is InChI=1S/C8H14F3N/c1-6-5-7(8(9,10)11)3-4-12(6)2/h6-7H,3-5H2,1-2H3. The van der Waals surface area contributed by atoms with E-state index < -0.39 is 12.1 Å². The van der Waals surface area contributed by atoms with E-state index in [1.807, 2.05) is 18.9 Å². The molecule has 72 valence electrons. The molecule has 12 heavy (non-hydrogen) atoms. The molecule has 0 aliphatic carbocycles. The van der Waals surface area contributed by atoms with E-state index in [2.05, 4.69) is 0 Å². The van der Waals surface area contributed by atoms with Crippen LogP contribution in [0, 0.1) is 5.92 Å². The maximum Gasteiger partial charge on any atom is 0.391 e. The molecule has 4 heteroatoms. The predicted octanol–water partition coefficient (Wildman–Crippen LogP) is 2.28. The Kier molecular flexibility index (Phi) is 2.66. The van der Waals surface area contributed by atoms with Gasteiger partial charge in [-0.3, -0.25) is 0 Å². The van der Waals surface area contributed by atoms with Gasteiger partial charge in [-0.15, -0.1) is 0 Å². The van der Waals surface area contributed by atoms with Crippen molar-refractivity contribution in [3.8, 4) is 0 Å². The first-order valence-electron chi connectivity index (χ1n) is 4.18. The summed E-state index contributed by atoms with van der Waals surface area (Å²) in [5.74, 6) is -1.08. The lowest BCUT2D eigenvalue weighted by molar-refractivity contribution is -0.188. The van der Waals surface area contributed by atoms with Gasteiger partial charge in [0, 0.05) is 6.04 Å². The van der Waals surface area contributed by atoms with Crippen LogP contribution >= 0.6 is 0 Å². The van der Waals surface area contributed by atoms with Crippen molar-refractivity contribution < 1.29 is 13.2 Å². The SMILES string of the molecule is CC1CC(C(F)(F)F)CCN1C. The minimum absolute atomic E-state index is 0.0605. The van der Waals surface area contributed by atoms with Crippen LogP contribution < -0.4 is 0 Å². The zero-order chi connectivity index (χ0) is 9.35. The highest BCUT2D eigenvalue weighted by atomic mass is 19.4. The first-order chi connectivity index (χ1) is 5.41. The van der Waals surface area contributed by atoms with Gasteiger partial charge in [-0.05, 0) is 33.4 Å². The van der Waals surface area contributed by atoms with E-state index in [9.17, 15) is 13.2 Å². The Labute approximate surface area is 70.5 Å². The van der Waals surface area contributed by atoms with Crippen molar-refractivity contribution in [2.75, 3.05) is 13.6 Å². The molecule has 0 spiro atoms. The summed E-state index contributed by atoms with van der Waals surface area (Å²) in [4.78, 5) is 1.97. The van der Waals surface area contributed by atoms with Gasteiger partial charge in [-0.25, -0.2) is 0 Å². The van der Waals surface area contributed by atoms with E-state index in [4.69, 9.17) is 0 Å². The molecule has 2 atom stereocenters. The molecule has 0 aromatic carbocycles. The zero-order valence-electron chi connectivity index (χ0n) is 7.36. The number of hydrogen-bond donors (Lipinski definition) is 0. The van der Waals surface area contributed by atoms with Crippen LogP contribution in [0.25, 0.3) is 0 Å². The van der Waals surface area contributed by atoms with Gasteiger partial charge in [0.1, 0.15) is 0 Å². The van der Waals surface area contributed by atoms with E-state index in [-0.39, 0.29) is 18.9 Å². The fraction of sp³-hybridized carbons (Fsp3) is 1.00. The second kappa shape index (κ2) is 3.24. The quantitative estimate of drug-likeness (QED) is 0.554. The van der Waals surface area contributed by atoms with Gasteiger partial charge in [0.25, 0.3) is 0 Å². The van der Waals surface area contributed by atoms with E-state index in [1.165, 1.54) is 0 Å². The van der Waals surface area contributed by atoms with Gasteiger partial charge in [-0.2, -0.15) is 13.2 Å². The summed E-state index contributed by atoms with van der Waals surface area (Å²) < 4.78 is 36.7. The second-order valence-corrected chi connectivity index (χ2v) is 3.59. The highest BCUT2D eigenvalue weighted by molar-refractivity contribution is 4.80. The van der Waals surface area contributed by atoms with Gasteiger partial charge in [0.05, 0.1) is 5.92 Å². The summed E-state index contributed by atoms with van der Waals surface area (Å²) >= 11 is 0. The lowest BCUT2D eigenvalue weighted by Gasteiger charge is -2.35. The van der Waals surface area contributed by atoms with Gasteiger partial charge < -0.3 is 4.90 Å². The largest absolute Gasteiger partial charge is 0.391 e. The number of nitrogens with zero attached hydrogens (tertiary/aromatic N) is 1. The van der Waals surface area contributed by atoms with Crippen LogP contribution in [0.1, 0.15) is 19.8 Å². The molecule has 1 heterocycles. The van der Waals surface area contributed by atoms with Crippen LogP contribution in [0.5, 0.6) is 0 Å². The third-order valence-corrected chi connectivity index (χ3v) is 2.67. The van der Waals surface area contributed by atoms with Crippen molar-refractivity contribution in [1.29, 1.82) is 0 Å². The van der Waals surface area contributed by atoms with E-state index in [0.29, 0.717) is 6.54 Å². The van der Waals surface area contributed by atoms with Crippen molar-refractivity contribution in [1.82, 2.24) is 4.90 Å². The number of hydrogen-bond acceptors (Lipinski definition) is 1. The molecule has 1 saturated heterocycles. The average Bonchev–Trinajstić information content (AvgIpc) is 1.92. The maximum atomic E-state index is 12.2. The summed E-state index contributed by atoms with van der Waals surface area (Å²) in [7, 11) is 1.87. The Balaban J connectivity index is 2.51. The Hall–Kier alpha value is -0.250. The lowest BCUT2D eigenvalue weighted by Crippen LogP contribution is -2.42. The van der Waals surface area contributed by atoms with Crippen molar-refractivity contribution in [3.63, 3.8) is 0 Å². The molecule has 0 radical (unpaired) electrons. The molecule has 0 amide bonds. The number of halogens is 3. The minimum atomic E-state index is -3.99. The van der Waals surface area contributed by atoms with Crippen molar-refractivity contribution in [2.24, 2.45) is 5.92 Å². The van der Waals surface area contributed by atoms with E-state index in [1.54, 1.807) is 0 Å². The fourth-order valence-corrected chi connectivity index (χ4v) is 1.59. The minimum Gasteiger partial charge on any atom is -0.304 e. The normalized spacial score (nSPS) is 33.8. The molecular formula is C8H14F3N. The predicted molar refractivity (Wildman–Crippen MR) is 40.9 cm³/mol. The third-order valence-electron chi connectivity index (χ3n) is 2.67. The van der Waals surface area contributed by atoms with Crippen LogP contribution in [-0.4, -0.2) is 30.7 Å². The number of rotatable bonds is 0. The highest BCUT2D eigenvalue weighted by Gasteiger charge is 2.42. The molecular weight excluding hydrogens is 167 g/mol. The Bertz CT molecular complexity index is 155. The Morgan fingerprint density at radius 2 is 1.92 bits per heavy atom. The summed E-state index contributed by atoms with van der Waals surface area (Å²) in [5, 5.41) is 0. The van der Waals surface area contributed by atoms with Crippen LogP contribution in [0.3, 0.4) is 0 Å². The molecule has 0 aromatic heterocycles. The summed E-state index contributed by atoms with van der Waals surface area (Å²) in [6, 6.07) is 0.0605. The monoisotopic (exact) mass is 181 g/mol. The highest BCUT2D eigenvalue weighted by Crippen LogP contribution is 2.35. The Morgan fingerprint density at radius 3 is 2.33 bits per heavy atom. The van der Waals surface area contributed by atoms with Gasteiger partial charge in [-0.1, -0.05) is 0 Å². The number of piperidine rings is 1. The Morgan fingerprint density at radius 1 is 1.33 bits per heavy atom. The van der Waals surface area contributed by atoms with Crippen molar-refractivity contribution in [2.45, 2.75) is 32.0 Å². The molecule has 1 rings (SSSR count). The number of alkyl halides is 3. The van der Waals surface area contributed by atoms with Crippen LogP contribution in [0.2, 0.25) is 0 Å². The molecule has 1 aliphatic heterocycles. The lowest BCUT2D eigenvalue weighted by atomic mass is 9.92. The summed E-state index contributed by atoms with van der Waals surface area (Å²) in [5.41, 5.74) is 0. The number of likely N-dealkylation sites (tertiary alicyclic amines) is 1. The van der Waals surface area contributed by atoms with Gasteiger partial charge >= 0.3 is 6.18 Å². The summed E-state index contributed by atoms with van der Waals surface area (Å²) in [6.45, 7) is 2.41. The van der Waals surface area contributed by atoms with Crippen LogP contribution in [0.15, 0.2) is 0 Å². The maximum absolute atomic E-state index is 12.2. The molecule has 0 saturated carbocycles. The first kappa shape index (κ1) is 9.84. The zero-order valence-corrected chi connectivity index (χ0v) is 7.36. The third kappa shape index (κ3) is 2.12. The molecule has 0 N–H and O–H groups in total. The van der Waals surface area contributed by atoms with Crippen molar-refractivity contribution in [3.05, 3.63) is 0 Å². The molecule has 0 bridgehead atoms. The van der Waals surface area contributed by atoms with E-state index >= 15 is 0 Å². The van der Waals surface area contributed by atoms with E-state index in [0.717, 1.165) is 0 Å². The molecule has 1 fully saturated rings. The molecule has 1 nitrogen and oxygen atoms in total. The topological polar surface area (TPSA) is 3.24 Å².